The summed E-state index contributed by atoms with van der Waals surface area (Å²) >= 11 is 0. The highest BCUT2D eigenvalue weighted by atomic mass is 16.2. The summed E-state index contributed by atoms with van der Waals surface area (Å²) in [4.78, 5) is 30.0. The molecule has 2 heterocycles. The molecule has 24 heavy (non-hydrogen) atoms. The van der Waals surface area contributed by atoms with Gasteiger partial charge in [0.05, 0.1) is 5.41 Å². The van der Waals surface area contributed by atoms with Gasteiger partial charge in [-0.2, -0.15) is 0 Å². The van der Waals surface area contributed by atoms with E-state index in [0.29, 0.717) is 18.7 Å². The molecule has 1 N–H and O–H groups in total. The zero-order valence-corrected chi connectivity index (χ0v) is 14.2. The molecule has 3 rings (SSSR count). The Morgan fingerprint density at radius 1 is 1.25 bits per heavy atom. The highest BCUT2D eigenvalue weighted by molar-refractivity contribution is 6.07. The molecule has 0 radical (unpaired) electrons. The molecule has 2 amide bonds. The van der Waals surface area contributed by atoms with E-state index in [0.717, 1.165) is 16.8 Å². The number of anilines is 1. The van der Waals surface area contributed by atoms with E-state index in [-0.39, 0.29) is 11.8 Å². The summed E-state index contributed by atoms with van der Waals surface area (Å²) in [6.45, 7) is 4.42. The van der Waals surface area contributed by atoms with Crippen molar-refractivity contribution >= 4 is 17.5 Å². The van der Waals surface area contributed by atoms with Crippen LogP contribution in [0.2, 0.25) is 0 Å². The van der Waals surface area contributed by atoms with Gasteiger partial charge in [0.15, 0.2) is 0 Å². The molecule has 0 atom stereocenters. The summed E-state index contributed by atoms with van der Waals surface area (Å²) in [5.41, 5.74) is 3.03. The van der Waals surface area contributed by atoms with E-state index in [2.05, 4.69) is 16.4 Å². The van der Waals surface area contributed by atoms with Crippen LogP contribution >= 0.6 is 0 Å². The minimum absolute atomic E-state index is 0.109. The fourth-order valence-corrected chi connectivity index (χ4v) is 3.08. The molecule has 0 aliphatic carbocycles. The number of fused-ring (bicyclic) bond motifs is 1. The number of carbonyl (C=O) groups is 2. The second-order valence-corrected chi connectivity index (χ2v) is 6.56. The number of hydrogen-bond acceptors (Lipinski definition) is 3. The SMILES string of the molecule is CN1C(=O)C(C)(C)c2cc(CCNC(=O)c3ccccn3)ccc21. The van der Waals surface area contributed by atoms with Crippen molar-refractivity contribution in [3.8, 4) is 0 Å². The van der Waals surface area contributed by atoms with Crippen molar-refractivity contribution in [2.24, 2.45) is 0 Å². The third-order valence-corrected chi connectivity index (χ3v) is 4.53. The van der Waals surface area contributed by atoms with Crippen LogP contribution in [0.15, 0.2) is 42.6 Å². The highest BCUT2D eigenvalue weighted by Crippen LogP contribution is 2.41. The first-order valence-electron chi connectivity index (χ1n) is 8.02. The molecule has 2 aromatic rings. The number of hydrogen-bond donors (Lipinski definition) is 1. The Morgan fingerprint density at radius 2 is 2.04 bits per heavy atom. The van der Waals surface area contributed by atoms with Gasteiger partial charge in [-0.3, -0.25) is 14.6 Å². The van der Waals surface area contributed by atoms with Gasteiger partial charge in [-0.15, -0.1) is 0 Å². The van der Waals surface area contributed by atoms with Gasteiger partial charge in [-0.1, -0.05) is 18.2 Å². The van der Waals surface area contributed by atoms with Crippen LogP contribution in [0.25, 0.3) is 0 Å². The van der Waals surface area contributed by atoms with Crippen molar-refractivity contribution in [3.63, 3.8) is 0 Å². The van der Waals surface area contributed by atoms with Crippen LogP contribution in [0.3, 0.4) is 0 Å². The molecule has 0 saturated heterocycles. The van der Waals surface area contributed by atoms with Gasteiger partial charge in [0.25, 0.3) is 5.91 Å². The van der Waals surface area contributed by atoms with Crippen LogP contribution in [0.5, 0.6) is 0 Å². The first-order valence-corrected chi connectivity index (χ1v) is 8.02. The van der Waals surface area contributed by atoms with Crippen LogP contribution in [-0.2, 0) is 16.6 Å². The van der Waals surface area contributed by atoms with Crippen LogP contribution in [0.1, 0.15) is 35.5 Å². The summed E-state index contributed by atoms with van der Waals surface area (Å²) in [5, 5.41) is 2.87. The van der Waals surface area contributed by atoms with Gasteiger partial charge in [0, 0.05) is 25.5 Å². The van der Waals surface area contributed by atoms with E-state index in [1.54, 1.807) is 29.3 Å². The van der Waals surface area contributed by atoms with E-state index in [1.807, 2.05) is 33.0 Å². The van der Waals surface area contributed by atoms with E-state index >= 15 is 0 Å². The van der Waals surface area contributed by atoms with Gasteiger partial charge < -0.3 is 10.2 Å². The molecular weight excluding hydrogens is 302 g/mol. The van der Waals surface area contributed by atoms with E-state index in [4.69, 9.17) is 0 Å². The average Bonchev–Trinajstić information content (AvgIpc) is 2.76. The maximum atomic E-state index is 12.3. The Bertz CT molecular complexity index is 784. The van der Waals surface area contributed by atoms with Gasteiger partial charge in [0.2, 0.25) is 5.91 Å². The fraction of sp³-hybridized carbons (Fsp3) is 0.316. The summed E-state index contributed by atoms with van der Waals surface area (Å²) in [6.07, 6.45) is 2.31. The number of rotatable bonds is 4. The summed E-state index contributed by atoms with van der Waals surface area (Å²) in [7, 11) is 1.81. The third-order valence-electron chi connectivity index (χ3n) is 4.53. The Kier molecular flexibility index (Phi) is 4.09. The Labute approximate surface area is 141 Å². The predicted octanol–water partition coefficient (Wildman–Crippen LogP) is 2.31. The van der Waals surface area contributed by atoms with Gasteiger partial charge in [-0.25, -0.2) is 0 Å². The van der Waals surface area contributed by atoms with Crippen LogP contribution in [-0.4, -0.2) is 30.4 Å². The number of nitrogens with zero attached hydrogens (tertiary/aromatic N) is 2. The molecule has 0 saturated carbocycles. The first-order chi connectivity index (χ1) is 11.4. The van der Waals surface area contributed by atoms with Crippen LogP contribution < -0.4 is 10.2 Å². The average molecular weight is 323 g/mol. The fourth-order valence-electron chi connectivity index (χ4n) is 3.08. The first kappa shape index (κ1) is 16.2. The van der Waals surface area contributed by atoms with Gasteiger partial charge in [-0.05, 0) is 49.6 Å². The molecule has 0 bridgehead atoms. The molecule has 1 aromatic heterocycles. The highest BCUT2D eigenvalue weighted by Gasteiger charge is 2.42. The lowest BCUT2D eigenvalue weighted by Crippen LogP contribution is -2.33. The Morgan fingerprint density at radius 3 is 2.75 bits per heavy atom. The largest absolute Gasteiger partial charge is 0.350 e. The number of aromatic nitrogens is 1. The smallest absolute Gasteiger partial charge is 0.269 e. The Hall–Kier alpha value is -2.69. The maximum absolute atomic E-state index is 12.3. The molecule has 0 fully saturated rings. The second-order valence-electron chi connectivity index (χ2n) is 6.56. The molecule has 1 aliphatic heterocycles. The number of benzene rings is 1. The topological polar surface area (TPSA) is 62.3 Å². The van der Waals surface area contributed by atoms with Crippen LogP contribution in [0.4, 0.5) is 5.69 Å². The third kappa shape index (κ3) is 2.77. The van der Waals surface area contributed by atoms with Crippen molar-refractivity contribution in [1.82, 2.24) is 10.3 Å². The number of carbonyl (C=O) groups excluding carboxylic acids is 2. The standard InChI is InChI=1S/C19H21N3O2/c1-19(2)14-12-13(7-8-16(14)22(3)18(19)24)9-11-21-17(23)15-6-4-5-10-20-15/h4-8,10,12H,9,11H2,1-3H3,(H,21,23). The minimum atomic E-state index is -0.503. The normalized spacial score (nSPS) is 15.3. The number of pyridine rings is 1. The van der Waals surface area contributed by atoms with Gasteiger partial charge in [0.1, 0.15) is 5.69 Å². The minimum Gasteiger partial charge on any atom is -0.350 e. The quantitative estimate of drug-likeness (QED) is 0.939. The predicted molar refractivity (Wildman–Crippen MR) is 93.2 cm³/mol. The lowest BCUT2D eigenvalue weighted by molar-refractivity contribution is -0.121. The molecular formula is C19H21N3O2. The van der Waals surface area contributed by atoms with E-state index < -0.39 is 5.41 Å². The molecule has 124 valence electrons. The zero-order valence-electron chi connectivity index (χ0n) is 14.2. The summed E-state index contributed by atoms with van der Waals surface area (Å²) in [6, 6.07) is 11.3. The van der Waals surface area contributed by atoms with Crippen molar-refractivity contribution < 1.29 is 9.59 Å². The van der Waals surface area contributed by atoms with Crippen molar-refractivity contribution in [1.29, 1.82) is 0 Å². The lowest BCUT2D eigenvalue weighted by Gasteiger charge is -2.16. The van der Waals surface area contributed by atoms with E-state index in [9.17, 15) is 9.59 Å². The lowest BCUT2D eigenvalue weighted by atomic mass is 9.85. The number of nitrogens with one attached hydrogen (secondary N) is 1. The molecule has 1 aromatic carbocycles. The monoisotopic (exact) mass is 323 g/mol. The Balaban J connectivity index is 1.67. The molecule has 5 heteroatoms. The summed E-state index contributed by atoms with van der Waals surface area (Å²) < 4.78 is 0. The van der Waals surface area contributed by atoms with Crippen molar-refractivity contribution in [2.75, 3.05) is 18.5 Å². The second kappa shape index (κ2) is 6.07. The number of amides is 2. The number of likely N-dealkylation sites (N-methyl/N-ethyl adjacent to an activating group) is 1. The molecule has 0 unspecified atom stereocenters. The van der Waals surface area contributed by atoms with Crippen molar-refractivity contribution in [2.45, 2.75) is 25.7 Å². The molecule has 5 nitrogen and oxygen atoms in total. The van der Waals surface area contributed by atoms with E-state index in [1.165, 1.54) is 0 Å². The molecule has 0 spiro atoms. The summed E-state index contributed by atoms with van der Waals surface area (Å²) in [5.74, 6) is -0.0647. The van der Waals surface area contributed by atoms with Crippen LogP contribution in [0, 0.1) is 0 Å². The maximum Gasteiger partial charge on any atom is 0.269 e. The molecule has 1 aliphatic rings. The zero-order chi connectivity index (χ0) is 17.3. The van der Waals surface area contributed by atoms with Gasteiger partial charge >= 0.3 is 0 Å². The van der Waals surface area contributed by atoms with Crippen molar-refractivity contribution in [3.05, 3.63) is 59.4 Å².